The Morgan fingerprint density at radius 2 is 1.59 bits per heavy atom. The Morgan fingerprint density at radius 1 is 0.957 bits per heavy atom. The number of hydrogen-bond donors (Lipinski definition) is 1. The molecule has 1 fully saturated rings. The van der Waals surface area contributed by atoms with Crippen LogP contribution in [0.4, 0.5) is 9.18 Å². The molecule has 1 saturated heterocycles. The molecular weight excluding hydrogens is 579 g/mol. The minimum absolute atomic E-state index is 0.242. The molecule has 7 heteroatoms. The lowest BCUT2D eigenvalue weighted by Crippen LogP contribution is -2.55. The van der Waals surface area contributed by atoms with E-state index in [0.717, 1.165) is 16.7 Å². The van der Waals surface area contributed by atoms with Crippen molar-refractivity contribution in [3.8, 4) is 5.75 Å². The van der Waals surface area contributed by atoms with Crippen molar-refractivity contribution in [1.29, 1.82) is 0 Å². The number of carbonyl (C=O) groups excluding carboxylic acids is 2. The van der Waals surface area contributed by atoms with E-state index in [2.05, 4.69) is 46.9 Å². The van der Waals surface area contributed by atoms with Crippen LogP contribution in [0.25, 0.3) is 0 Å². The lowest BCUT2D eigenvalue weighted by atomic mass is 9.77. The van der Waals surface area contributed by atoms with E-state index in [1.54, 1.807) is 17.0 Å². The van der Waals surface area contributed by atoms with Gasteiger partial charge in [0.05, 0.1) is 5.54 Å². The summed E-state index contributed by atoms with van der Waals surface area (Å²) in [4.78, 5) is 29.6. The zero-order chi connectivity index (χ0) is 34.1. The number of rotatable bonds is 9. The van der Waals surface area contributed by atoms with Gasteiger partial charge >= 0.3 is 6.09 Å². The standard InChI is InChI=1S/C39H51FN2O4/c1-26(2)38(9,10)45-32-21-27(3)20-30(22-32)39(23-28-14-12-11-13-15-28,29-16-18-31(40)19-17-29)41-34(43)33-24-37(7,8)25-42(33)35(44)46-36(4,5)6/h11-22,26,33H,23-25H2,1-10H3,(H,41,43)/t33-,39+/m0/s1. The third-order valence-electron chi connectivity index (χ3n) is 8.95. The average molecular weight is 631 g/mol. The number of amides is 2. The Labute approximate surface area is 274 Å². The molecule has 0 radical (unpaired) electrons. The van der Waals surface area contributed by atoms with Crippen LogP contribution >= 0.6 is 0 Å². The predicted molar refractivity (Wildman–Crippen MR) is 181 cm³/mol. The van der Waals surface area contributed by atoms with Gasteiger partial charge < -0.3 is 14.8 Å². The first-order valence-corrected chi connectivity index (χ1v) is 16.2. The van der Waals surface area contributed by atoms with Crippen LogP contribution in [0.5, 0.6) is 5.75 Å². The lowest BCUT2D eigenvalue weighted by Gasteiger charge is -2.39. The molecule has 4 rings (SSSR count). The van der Waals surface area contributed by atoms with Crippen LogP contribution in [0.2, 0.25) is 0 Å². The Morgan fingerprint density at radius 3 is 2.17 bits per heavy atom. The summed E-state index contributed by atoms with van der Waals surface area (Å²) >= 11 is 0. The highest BCUT2D eigenvalue weighted by atomic mass is 19.1. The van der Waals surface area contributed by atoms with Crippen molar-refractivity contribution in [3.05, 3.63) is 101 Å². The second-order valence-corrected chi connectivity index (χ2v) is 15.5. The molecule has 0 aliphatic carbocycles. The van der Waals surface area contributed by atoms with Gasteiger partial charge in [-0.2, -0.15) is 0 Å². The number of aryl methyl sites for hydroxylation is 1. The molecule has 1 N–H and O–H groups in total. The van der Waals surface area contributed by atoms with Crippen LogP contribution in [0.15, 0.2) is 72.8 Å². The molecule has 0 aromatic heterocycles. The first kappa shape index (κ1) is 35.0. The Bertz CT molecular complexity index is 1530. The normalized spacial score (nSPS) is 17.8. The number of halogens is 1. The fourth-order valence-electron chi connectivity index (χ4n) is 5.98. The van der Waals surface area contributed by atoms with Gasteiger partial charge in [-0.15, -0.1) is 0 Å². The Hall–Kier alpha value is -3.87. The molecule has 0 spiro atoms. The summed E-state index contributed by atoms with van der Waals surface area (Å²) in [5.74, 6) is 0.249. The van der Waals surface area contributed by atoms with Gasteiger partial charge in [-0.25, -0.2) is 9.18 Å². The minimum Gasteiger partial charge on any atom is -0.488 e. The van der Waals surface area contributed by atoms with Crippen LogP contribution in [0.1, 0.15) is 91.0 Å². The van der Waals surface area contributed by atoms with Gasteiger partial charge in [0.1, 0.15) is 28.8 Å². The minimum atomic E-state index is -1.13. The van der Waals surface area contributed by atoms with Crippen molar-refractivity contribution in [2.45, 2.75) is 105 Å². The summed E-state index contributed by atoms with van der Waals surface area (Å²) in [6, 6.07) is 21.5. The van der Waals surface area contributed by atoms with Crippen LogP contribution in [-0.2, 0) is 21.5 Å². The molecule has 0 bridgehead atoms. The molecular formula is C39H51FN2O4. The highest BCUT2D eigenvalue weighted by molar-refractivity contribution is 5.87. The number of benzene rings is 3. The maximum absolute atomic E-state index is 14.7. The van der Waals surface area contributed by atoms with Gasteiger partial charge in [-0.3, -0.25) is 9.69 Å². The van der Waals surface area contributed by atoms with Crippen LogP contribution in [-0.4, -0.2) is 40.7 Å². The van der Waals surface area contributed by atoms with Crippen molar-refractivity contribution in [3.63, 3.8) is 0 Å². The van der Waals surface area contributed by atoms with Crippen molar-refractivity contribution in [2.75, 3.05) is 6.54 Å². The third-order valence-corrected chi connectivity index (χ3v) is 8.95. The second kappa shape index (κ2) is 13.1. The van der Waals surface area contributed by atoms with E-state index in [4.69, 9.17) is 9.47 Å². The van der Waals surface area contributed by atoms with Crippen LogP contribution in [0.3, 0.4) is 0 Å². The summed E-state index contributed by atoms with van der Waals surface area (Å²) in [5.41, 5.74) is 0.855. The third kappa shape index (κ3) is 8.28. The second-order valence-electron chi connectivity index (χ2n) is 15.5. The lowest BCUT2D eigenvalue weighted by molar-refractivity contribution is -0.127. The number of nitrogens with zero attached hydrogens (tertiary/aromatic N) is 1. The van der Waals surface area contributed by atoms with Crippen molar-refractivity contribution in [1.82, 2.24) is 10.2 Å². The van der Waals surface area contributed by atoms with Crippen LogP contribution < -0.4 is 10.1 Å². The van der Waals surface area contributed by atoms with Crippen molar-refractivity contribution >= 4 is 12.0 Å². The van der Waals surface area contributed by atoms with Crippen molar-refractivity contribution in [2.24, 2.45) is 11.3 Å². The fourth-order valence-corrected chi connectivity index (χ4v) is 5.98. The molecule has 248 valence electrons. The van der Waals surface area contributed by atoms with E-state index in [1.165, 1.54) is 12.1 Å². The Balaban J connectivity index is 1.90. The number of carbonyl (C=O) groups is 2. The summed E-state index contributed by atoms with van der Waals surface area (Å²) in [5, 5.41) is 3.43. The van der Waals surface area contributed by atoms with E-state index in [1.807, 2.05) is 76.2 Å². The maximum Gasteiger partial charge on any atom is 0.410 e. The molecule has 1 aliphatic rings. The van der Waals surface area contributed by atoms with Gasteiger partial charge in [0.2, 0.25) is 5.91 Å². The quantitative estimate of drug-likeness (QED) is 0.257. The molecule has 2 amide bonds. The summed E-state index contributed by atoms with van der Waals surface area (Å²) < 4.78 is 26.7. The molecule has 1 aliphatic heterocycles. The van der Waals surface area contributed by atoms with Gasteiger partial charge in [0.25, 0.3) is 0 Å². The van der Waals surface area contributed by atoms with Crippen LogP contribution in [0, 0.1) is 24.1 Å². The molecule has 46 heavy (non-hydrogen) atoms. The molecule has 1 heterocycles. The highest BCUT2D eigenvalue weighted by Gasteiger charge is 2.48. The predicted octanol–water partition coefficient (Wildman–Crippen LogP) is 8.59. The monoisotopic (exact) mass is 630 g/mol. The summed E-state index contributed by atoms with van der Waals surface area (Å²) in [6.45, 7) is 20.3. The number of hydrogen-bond acceptors (Lipinski definition) is 4. The Kier molecular flexibility index (Phi) is 9.96. The largest absolute Gasteiger partial charge is 0.488 e. The molecule has 0 unspecified atom stereocenters. The molecule has 0 saturated carbocycles. The fraction of sp³-hybridized carbons (Fsp3) is 0.487. The average Bonchev–Trinajstić information content (AvgIpc) is 3.28. The van der Waals surface area contributed by atoms with Gasteiger partial charge in [-0.05, 0) is 106 Å². The van der Waals surface area contributed by atoms with E-state index < -0.39 is 28.9 Å². The van der Waals surface area contributed by atoms with E-state index in [-0.39, 0.29) is 23.1 Å². The number of likely N-dealkylation sites (tertiary alicyclic amines) is 1. The van der Waals surface area contributed by atoms with Crippen molar-refractivity contribution < 1.29 is 23.5 Å². The van der Waals surface area contributed by atoms with Gasteiger partial charge in [0.15, 0.2) is 0 Å². The molecule has 3 aromatic carbocycles. The zero-order valence-corrected chi connectivity index (χ0v) is 29.2. The first-order chi connectivity index (χ1) is 21.3. The highest BCUT2D eigenvalue weighted by Crippen LogP contribution is 2.40. The first-order valence-electron chi connectivity index (χ1n) is 16.2. The van der Waals surface area contributed by atoms with E-state index >= 15 is 0 Å². The SMILES string of the molecule is Cc1cc(OC(C)(C)C(C)C)cc([C@](Cc2ccccc2)(NC(=O)[C@@H]2CC(C)(C)CN2C(=O)OC(C)(C)C)c2ccc(F)cc2)c1. The summed E-state index contributed by atoms with van der Waals surface area (Å²) in [7, 11) is 0. The van der Waals surface area contributed by atoms with E-state index in [9.17, 15) is 14.0 Å². The number of nitrogens with one attached hydrogen (secondary N) is 1. The molecule has 3 aromatic rings. The van der Waals surface area contributed by atoms with E-state index in [0.29, 0.717) is 30.7 Å². The topological polar surface area (TPSA) is 67.9 Å². The maximum atomic E-state index is 14.7. The van der Waals surface area contributed by atoms with Gasteiger partial charge in [-0.1, -0.05) is 76.2 Å². The zero-order valence-electron chi connectivity index (χ0n) is 29.2. The van der Waals surface area contributed by atoms with Gasteiger partial charge in [0, 0.05) is 13.0 Å². The molecule has 6 nitrogen and oxygen atoms in total. The summed E-state index contributed by atoms with van der Waals surface area (Å²) in [6.07, 6.45) is 0.327. The smallest absolute Gasteiger partial charge is 0.410 e. The molecule has 2 atom stereocenters. The number of ether oxygens (including phenoxy) is 2.